The van der Waals surface area contributed by atoms with E-state index >= 15 is 0 Å². The van der Waals surface area contributed by atoms with Crippen LogP contribution in [0, 0.1) is 12.7 Å². The van der Waals surface area contributed by atoms with E-state index in [-0.39, 0.29) is 5.75 Å². The maximum absolute atomic E-state index is 13.3. The zero-order valence-corrected chi connectivity index (χ0v) is 18.0. The summed E-state index contributed by atoms with van der Waals surface area (Å²) in [6.45, 7) is 3.86. The van der Waals surface area contributed by atoms with Gasteiger partial charge in [0.1, 0.15) is 23.3 Å². The lowest BCUT2D eigenvalue weighted by atomic mass is 10.2. The largest absolute Gasteiger partial charge is 0.356 e. The van der Waals surface area contributed by atoms with Gasteiger partial charge in [-0.15, -0.1) is 0 Å². The number of nitrogens with zero attached hydrogens (tertiary/aromatic N) is 3. The van der Waals surface area contributed by atoms with Gasteiger partial charge in [0.05, 0.1) is 5.75 Å². The first-order chi connectivity index (χ1) is 14.9. The molecule has 4 rings (SSSR count). The summed E-state index contributed by atoms with van der Waals surface area (Å²) in [5, 5.41) is 3.25. The molecule has 1 saturated heterocycles. The van der Waals surface area contributed by atoms with Crippen molar-refractivity contribution in [2.45, 2.75) is 25.5 Å². The van der Waals surface area contributed by atoms with E-state index in [2.05, 4.69) is 24.9 Å². The molecule has 0 bridgehead atoms. The first kappa shape index (κ1) is 21.0. The zero-order valence-electron chi connectivity index (χ0n) is 17.2. The molecule has 2 aromatic carbocycles. The van der Waals surface area contributed by atoms with Crippen molar-refractivity contribution in [1.82, 2.24) is 9.97 Å². The van der Waals surface area contributed by atoms with Crippen LogP contribution in [0.4, 0.5) is 27.4 Å². The van der Waals surface area contributed by atoms with Crippen LogP contribution in [0.3, 0.4) is 0 Å². The van der Waals surface area contributed by atoms with E-state index in [4.69, 9.17) is 0 Å². The smallest absolute Gasteiger partial charge is 0.236 e. The molecule has 1 aromatic heterocycles. The van der Waals surface area contributed by atoms with Crippen molar-refractivity contribution < 1.29 is 12.8 Å². The van der Waals surface area contributed by atoms with Gasteiger partial charge in [-0.25, -0.2) is 22.8 Å². The Balaban J connectivity index is 1.42. The fraction of sp³-hybridized carbons (Fsp3) is 0.273. The number of aryl methyl sites for hydroxylation is 1. The SMILES string of the molecule is Cc1nc(Nc2ccc(NS(=O)(=O)Cc3cccc(F)c3)cc2)cc(N2CCCC2)n1. The van der Waals surface area contributed by atoms with Gasteiger partial charge < -0.3 is 10.2 Å². The summed E-state index contributed by atoms with van der Waals surface area (Å²) < 4.78 is 40.6. The Morgan fingerprint density at radius 1 is 1.00 bits per heavy atom. The molecule has 0 saturated carbocycles. The molecule has 31 heavy (non-hydrogen) atoms. The molecule has 0 unspecified atom stereocenters. The van der Waals surface area contributed by atoms with Crippen molar-refractivity contribution in [2.24, 2.45) is 0 Å². The fourth-order valence-corrected chi connectivity index (χ4v) is 4.74. The average Bonchev–Trinajstić information content (AvgIpc) is 3.23. The Kier molecular flexibility index (Phi) is 6.03. The van der Waals surface area contributed by atoms with Gasteiger partial charge in [-0.2, -0.15) is 0 Å². The van der Waals surface area contributed by atoms with E-state index in [0.29, 0.717) is 22.9 Å². The van der Waals surface area contributed by atoms with Crippen molar-refractivity contribution in [3.05, 3.63) is 71.8 Å². The maximum Gasteiger partial charge on any atom is 0.236 e. The first-order valence-corrected chi connectivity index (χ1v) is 11.7. The number of hydrogen-bond acceptors (Lipinski definition) is 6. The lowest BCUT2D eigenvalue weighted by Crippen LogP contribution is -2.19. The highest BCUT2D eigenvalue weighted by Crippen LogP contribution is 2.24. The van der Waals surface area contributed by atoms with Gasteiger partial charge in [-0.05, 0) is 61.7 Å². The Hall–Kier alpha value is -3.20. The van der Waals surface area contributed by atoms with Crippen molar-refractivity contribution in [3.8, 4) is 0 Å². The molecule has 0 aliphatic carbocycles. The normalized spacial score (nSPS) is 13.9. The highest BCUT2D eigenvalue weighted by molar-refractivity contribution is 7.91. The van der Waals surface area contributed by atoms with Gasteiger partial charge in [-0.1, -0.05) is 12.1 Å². The molecule has 2 N–H and O–H groups in total. The molecule has 1 aliphatic heterocycles. The Morgan fingerprint density at radius 2 is 1.71 bits per heavy atom. The second kappa shape index (κ2) is 8.89. The summed E-state index contributed by atoms with van der Waals surface area (Å²) in [7, 11) is -3.66. The molecule has 162 valence electrons. The minimum atomic E-state index is -3.66. The molecule has 2 heterocycles. The Morgan fingerprint density at radius 3 is 2.42 bits per heavy atom. The van der Waals surface area contributed by atoms with Gasteiger partial charge in [0.15, 0.2) is 0 Å². The number of aromatic nitrogens is 2. The average molecular weight is 442 g/mol. The summed E-state index contributed by atoms with van der Waals surface area (Å²) in [5.74, 6) is 1.53. The van der Waals surface area contributed by atoms with Gasteiger partial charge in [0.2, 0.25) is 10.0 Å². The summed E-state index contributed by atoms with van der Waals surface area (Å²) >= 11 is 0. The van der Waals surface area contributed by atoms with E-state index < -0.39 is 15.8 Å². The number of sulfonamides is 1. The van der Waals surface area contributed by atoms with Gasteiger partial charge >= 0.3 is 0 Å². The van der Waals surface area contributed by atoms with Gasteiger partial charge in [-0.3, -0.25) is 4.72 Å². The predicted octanol–water partition coefficient (Wildman–Crippen LogP) is 4.21. The highest BCUT2D eigenvalue weighted by atomic mass is 32.2. The van der Waals surface area contributed by atoms with E-state index in [1.807, 2.05) is 13.0 Å². The van der Waals surface area contributed by atoms with Crippen molar-refractivity contribution in [3.63, 3.8) is 0 Å². The fourth-order valence-electron chi connectivity index (χ4n) is 3.56. The molecule has 0 amide bonds. The minimum Gasteiger partial charge on any atom is -0.356 e. The third-order valence-corrected chi connectivity index (χ3v) is 6.19. The van der Waals surface area contributed by atoms with E-state index in [1.54, 1.807) is 30.3 Å². The topological polar surface area (TPSA) is 87.2 Å². The van der Waals surface area contributed by atoms with Crippen LogP contribution in [0.1, 0.15) is 24.2 Å². The zero-order chi connectivity index (χ0) is 21.8. The van der Waals surface area contributed by atoms with Crippen molar-refractivity contribution in [1.29, 1.82) is 0 Å². The molecular formula is C22H24FN5O2S. The van der Waals surface area contributed by atoms with Crippen LogP contribution in [0.15, 0.2) is 54.6 Å². The lowest BCUT2D eigenvalue weighted by molar-refractivity contribution is 0.599. The lowest BCUT2D eigenvalue weighted by Gasteiger charge is -2.18. The maximum atomic E-state index is 13.3. The molecule has 3 aromatic rings. The number of halogens is 1. The predicted molar refractivity (Wildman–Crippen MR) is 121 cm³/mol. The minimum absolute atomic E-state index is 0.301. The van der Waals surface area contributed by atoms with E-state index in [1.165, 1.54) is 31.0 Å². The van der Waals surface area contributed by atoms with Crippen LogP contribution in [-0.4, -0.2) is 31.5 Å². The second-order valence-electron chi connectivity index (χ2n) is 7.55. The summed E-state index contributed by atoms with van der Waals surface area (Å²) in [6.07, 6.45) is 2.34. The summed E-state index contributed by atoms with van der Waals surface area (Å²) in [4.78, 5) is 11.2. The third-order valence-electron chi connectivity index (χ3n) is 4.93. The first-order valence-electron chi connectivity index (χ1n) is 10.1. The number of nitrogens with one attached hydrogen (secondary N) is 2. The number of benzene rings is 2. The quantitative estimate of drug-likeness (QED) is 0.571. The third kappa shape index (κ3) is 5.69. The monoisotopic (exact) mass is 441 g/mol. The Bertz CT molecular complexity index is 1160. The molecule has 1 aliphatic rings. The van der Waals surface area contributed by atoms with Crippen LogP contribution >= 0.6 is 0 Å². The van der Waals surface area contributed by atoms with Crippen molar-refractivity contribution >= 4 is 33.0 Å². The van der Waals surface area contributed by atoms with Crippen LogP contribution in [0.5, 0.6) is 0 Å². The van der Waals surface area contributed by atoms with Crippen LogP contribution in [-0.2, 0) is 15.8 Å². The summed E-state index contributed by atoms with van der Waals surface area (Å²) in [6, 6.07) is 14.4. The number of anilines is 4. The molecule has 1 fully saturated rings. The van der Waals surface area contributed by atoms with Crippen LogP contribution < -0.4 is 14.9 Å². The van der Waals surface area contributed by atoms with Crippen LogP contribution in [0.2, 0.25) is 0 Å². The molecular weight excluding hydrogens is 417 g/mol. The van der Waals surface area contributed by atoms with Crippen molar-refractivity contribution in [2.75, 3.05) is 28.0 Å². The van der Waals surface area contributed by atoms with Gasteiger partial charge in [0, 0.05) is 30.5 Å². The van der Waals surface area contributed by atoms with Crippen LogP contribution in [0.25, 0.3) is 0 Å². The molecule has 7 nitrogen and oxygen atoms in total. The second-order valence-corrected chi connectivity index (χ2v) is 9.27. The number of rotatable bonds is 7. The van der Waals surface area contributed by atoms with E-state index in [9.17, 15) is 12.8 Å². The standard InChI is InChI=1S/C22H24FN5O2S/c1-16-24-21(14-22(25-16)28-11-2-3-12-28)26-19-7-9-20(10-8-19)27-31(29,30)15-17-5-4-6-18(23)13-17/h4-10,13-14,27H,2-3,11-12,15H2,1H3,(H,24,25,26). The number of hydrogen-bond donors (Lipinski definition) is 2. The Labute approximate surface area is 181 Å². The molecule has 0 atom stereocenters. The molecule has 0 spiro atoms. The molecule has 9 heteroatoms. The van der Waals surface area contributed by atoms with Gasteiger partial charge in [0.25, 0.3) is 0 Å². The van der Waals surface area contributed by atoms with E-state index in [0.717, 1.165) is 24.6 Å². The highest BCUT2D eigenvalue weighted by Gasteiger charge is 2.15. The molecule has 0 radical (unpaired) electrons. The summed E-state index contributed by atoms with van der Waals surface area (Å²) in [5.41, 5.74) is 1.59.